The van der Waals surface area contributed by atoms with Gasteiger partial charge < -0.3 is 32.5 Å². The molecule has 0 bridgehead atoms. The van der Waals surface area contributed by atoms with Crippen molar-refractivity contribution in [3.8, 4) is 0 Å². The van der Waals surface area contributed by atoms with Crippen molar-refractivity contribution in [2.45, 2.75) is 23.1 Å². The van der Waals surface area contributed by atoms with E-state index in [0.29, 0.717) is 23.0 Å². The summed E-state index contributed by atoms with van der Waals surface area (Å²) in [5.41, 5.74) is 16.4. The van der Waals surface area contributed by atoms with Crippen LogP contribution in [0.25, 0.3) is 0 Å². The summed E-state index contributed by atoms with van der Waals surface area (Å²) in [4.78, 5) is 51.9. The minimum atomic E-state index is -1.27. The Bertz CT molecular complexity index is 1390. The first-order valence-corrected chi connectivity index (χ1v) is 14.0. The Morgan fingerprint density at radius 3 is 2.79 bits per heavy atom. The lowest BCUT2D eigenvalue weighted by Crippen LogP contribution is -2.71. The first-order chi connectivity index (χ1) is 18.6. The number of carbonyl (C=O) groups is 3. The van der Waals surface area contributed by atoms with Gasteiger partial charge in [-0.2, -0.15) is 0 Å². The summed E-state index contributed by atoms with van der Waals surface area (Å²) in [5.74, 6) is -2.21. The third-order valence-electron chi connectivity index (χ3n) is 5.24. The van der Waals surface area contributed by atoms with Crippen molar-refractivity contribution in [2.75, 3.05) is 30.9 Å². The van der Waals surface area contributed by atoms with E-state index in [9.17, 15) is 19.5 Å². The third kappa shape index (κ3) is 6.02. The van der Waals surface area contributed by atoms with Crippen molar-refractivity contribution in [2.24, 2.45) is 21.6 Å². The highest BCUT2D eigenvalue weighted by molar-refractivity contribution is 8.01. The van der Waals surface area contributed by atoms with Gasteiger partial charge in [0.15, 0.2) is 16.8 Å². The SMILES string of the molecule is CON=C(C(=O)N[C@@H]1C(=O)N2C(C(=O)O)=C(CSc3nnnn3CCN=C(N)N)CS[C@@H]12)c1nc(N)sc1Cl. The zero-order valence-corrected chi connectivity index (χ0v) is 23.2. The molecular formula is C18H21ClN12O5S3. The van der Waals surface area contributed by atoms with Gasteiger partial charge in [-0.1, -0.05) is 39.9 Å². The quantitative estimate of drug-likeness (QED) is 0.0634. The number of carboxylic acids is 1. The van der Waals surface area contributed by atoms with Crippen molar-refractivity contribution in [1.29, 1.82) is 0 Å². The van der Waals surface area contributed by atoms with Gasteiger partial charge in [0.05, 0.1) is 13.1 Å². The van der Waals surface area contributed by atoms with Crippen LogP contribution in [0.4, 0.5) is 5.13 Å². The molecule has 2 atom stereocenters. The van der Waals surface area contributed by atoms with Crippen LogP contribution in [0.5, 0.6) is 0 Å². The van der Waals surface area contributed by atoms with Crippen LogP contribution in [-0.2, 0) is 25.8 Å². The number of hydrogen-bond donors (Lipinski definition) is 5. The number of aliphatic imine (C=N–C) groups is 1. The second kappa shape index (κ2) is 12.1. The second-order valence-electron chi connectivity index (χ2n) is 7.69. The number of nitrogens with zero attached hydrogens (tertiary/aromatic N) is 8. The molecule has 4 heterocycles. The number of halogens is 1. The van der Waals surface area contributed by atoms with Crippen molar-refractivity contribution in [3.63, 3.8) is 0 Å². The van der Waals surface area contributed by atoms with E-state index in [4.69, 9.17) is 33.6 Å². The fourth-order valence-electron chi connectivity index (χ4n) is 3.62. The number of aromatic nitrogens is 5. The maximum atomic E-state index is 13.0. The molecule has 2 aromatic rings. The number of amides is 2. The molecule has 8 N–H and O–H groups in total. The molecule has 1 fully saturated rings. The molecule has 2 aliphatic heterocycles. The van der Waals surface area contributed by atoms with Crippen molar-refractivity contribution in [1.82, 2.24) is 35.4 Å². The zero-order chi connectivity index (χ0) is 28.3. The number of hydrogen-bond acceptors (Lipinski definition) is 14. The Morgan fingerprint density at radius 2 is 2.15 bits per heavy atom. The zero-order valence-electron chi connectivity index (χ0n) is 20.0. The Labute approximate surface area is 237 Å². The molecule has 0 aromatic carbocycles. The lowest BCUT2D eigenvalue weighted by molar-refractivity contribution is -0.150. The molecule has 0 unspecified atom stereocenters. The summed E-state index contributed by atoms with van der Waals surface area (Å²) >= 11 is 9.56. The van der Waals surface area contributed by atoms with Gasteiger partial charge in [0.25, 0.3) is 11.8 Å². The van der Waals surface area contributed by atoms with Gasteiger partial charge in [-0.05, 0) is 16.0 Å². The number of nitrogens with two attached hydrogens (primary N) is 3. The molecular weight excluding hydrogens is 596 g/mol. The Hall–Kier alpha value is -3.62. The summed E-state index contributed by atoms with van der Waals surface area (Å²) in [6, 6.07) is -1.01. The van der Waals surface area contributed by atoms with Crippen LogP contribution in [-0.4, -0.2) is 101 Å². The smallest absolute Gasteiger partial charge is 0.352 e. The highest BCUT2D eigenvalue weighted by Crippen LogP contribution is 2.41. The lowest BCUT2D eigenvalue weighted by atomic mass is 10.0. The number of tetrazole rings is 1. The number of fused-ring (bicyclic) bond motifs is 1. The van der Waals surface area contributed by atoms with E-state index in [2.05, 4.69) is 36.0 Å². The van der Waals surface area contributed by atoms with Gasteiger partial charge in [-0.25, -0.2) is 14.5 Å². The van der Waals surface area contributed by atoms with Crippen LogP contribution >= 0.6 is 46.5 Å². The number of nitrogens with one attached hydrogen (secondary N) is 1. The minimum absolute atomic E-state index is 0.00418. The number of thiazole rings is 1. The van der Waals surface area contributed by atoms with Crippen LogP contribution in [0.2, 0.25) is 4.34 Å². The largest absolute Gasteiger partial charge is 0.477 e. The van der Waals surface area contributed by atoms with Crippen molar-refractivity contribution in [3.05, 3.63) is 21.3 Å². The van der Waals surface area contributed by atoms with Crippen molar-refractivity contribution < 1.29 is 24.3 Å². The topological polar surface area (TPSA) is 255 Å². The number of anilines is 1. The number of thioether (sulfide) groups is 2. The Morgan fingerprint density at radius 1 is 1.38 bits per heavy atom. The predicted octanol–water partition coefficient (Wildman–Crippen LogP) is -1.48. The van der Waals surface area contributed by atoms with Gasteiger partial charge in [-0.15, -0.1) is 16.9 Å². The van der Waals surface area contributed by atoms with E-state index >= 15 is 0 Å². The first kappa shape index (κ1) is 28.4. The average Bonchev–Trinajstić information content (AvgIpc) is 3.47. The Balaban J connectivity index is 1.46. The number of aliphatic carboxylic acids is 1. The summed E-state index contributed by atoms with van der Waals surface area (Å²) in [6.07, 6.45) is 0. The molecule has 0 saturated carbocycles. The molecule has 2 aliphatic rings. The maximum absolute atomic E-state index is 13.0. The second-order valence-corrected chi connectivity index (χ2v) is 11.4. The summed E-state index contributed by atoms with van der Waals surface area (Å²) in [6.45, 7) is 0.573. The maximum Gasteiger partial charge on any atom is 0.352 e. The van der Waals surface area contributed by atoms with E-state index in [1.54, 1.807) is 0 Å². The summed E-state index contributed by atoms with van der Waals surface area (Å²) in [5, 5.41) is 27.5. The third-order valence-corrected chi connectivity index (χ3v) is 8.71. The monoisotopic (exact) mass is 616 g/mol. The molecule has 0 radical (unpaired) electrons. The fraction of sp³-hybridized carbons (Fsp3) is 0.389. The van der Waals surface area contributed by atoms with E-state index < -0.39 is 29.2 Å². The normalized spacial score (nSPS) is 18.9. The number of nitrogen functional groups attached to an aromatic ring is 1. The molecule has 0 spiro atoms. The highest BCUT2D eigenvalue weighted by atomic mass is 35.5. The molecule has 4 rings (SSSR count). The summed E-state index contributed by atoms with van der Waals surface area (Å²) in [7, 11) is 1.23. The van der Waals surface area contributed by atoms with E-state index in [1.807, 2.05) is 0 Å². The highest BCUT2D eigenvalue weighted by Gasteiger charge is 2.54. The van der Waals surface area contributed by atoms with Crippen LogP contribution < -0.4 is 22.5 Å². The molecule has 2 amide bonds. The van der Waals surface area contributed by atoms with Crippen LogP contribution in [0, 0.1) is 0 Å². The van der Waals surface area contributed by atoms with E-state index in [0.717, 1.165) is 16.2 Å². The molecule has 21 heteroatoms. The number of rotatable bonds is 11. The van der Waals surface area contributed by atoms with Crippen LogP contribution in [0.3, 0.4) is 0 Å². The van der Waals surface area contributed by atoms with E-state index in [1.165, 1.54) is 35.3 Å². The lowest BCUT2D eigenvalue weighted by Gasteiger charge is -2.49. The van der Waals surface area contributed by atoms with Crippen molar-refractivity contribution >= 4 is 81.0 Å². The molecule has 1 saturated heterocycles. The molecule has 39 heavy (non-hydrogen) atoms. The standard InChI is InChI=1S/C18H21ClN12O5S3/c1-36-27-8(7-11(19)39-17(22)25-7)12(32)24-9-13(33)31-10(15(34)35)6(4-37-14(9)31)5-38-18-26-28-29-30(18)3-2-23-16(20)21/h9,14H,2-5H2,1H3,(H2,22,25)(H,24,32)(H,34,35)(H4,20,21,23)/t9-,14+/m1/s1. The number of oxime groups is 1. The first-order valence-electron chi connectivity index (χ1n) is 10.8. The average molecular weight is 617 g/mol. The van der Waals surface area contributed by atoms with Gasteiger partial charge in [0.2, 0.25) is 5.16 Å². The molecule has 2 aromatic heterocycles. The van der Waals surface area contributed by atoms with Crippen LogP contribution in [0.1, 0.15) is 5.69 Å². The minimum Gasteiger partial charge on any atom is -0.477 e. The number of β-lactam (4-membered cyclic amide) rings is 1. The van der Waals surface area contributed by atoms with Gasteiger partial charge in [0.1, 0.15) is 34.3 Å². The van der Waals surface area contributed by atoms with Gasteiger partial charge in [-0.3, -0.25) is 19.5 Å². The van der Waals surface area contributed by atoms with Crippen LogP contribution in [0.15, 0.2) is 26.6 Å². The van der Waals surface area contributed by atoms with E-state index in [-0.39, 0.29) is 44.8 Å². The molecule has 208 valence electrons. The summed E-state index contributed by atoms with van der Waals surface area (Å²) < 4.78 is 1.60. The molecule has 17 nitrogen and oxygen atoms in total. The number of carboxylic acid groups (broad SMARTS) is 1. The Kier molecular flexibility index (Phi) is 8.77. The predicted molar refractivity (Wildman–Crippen MR) is 144 cm³/mol. The molecule has 0 aliphatic carbocycles. The van der Waals surface area contributed by atoms with Gasteiger partial charge >= 0.3 is 5.97 Å². The van der Waals surface area contributed by atoms with Gasteiger partial charge in [0, 0.05) is 11.5 Å². The number of carbonyl (C=O) groups excluding carboxylic acids is 2. The number of guanidine groups is 1. The fourth-order valence-corrected chi connectivity index (χ4v) is 6.93.